The summed E-state index contributed by atoms with van der Waals surface area (Å²) < 4.78 is 39.6. The zero-order valence-corrected chi connectivity index (χ0v) is 17.5. The molecule has 0 aliphatic rings. The minimum atomic E-state index is -4.47. The third kappa shape index (κ3) is 5.01. The number of nitrogens with zero attached hydrogens (tertiary/aromatic N) is 2. The Labute approximate surface area is 187 Å². The maximum atomic E-state index is 13.2. The number of nitrogens with one attached hydrogen (secondary N) is 1. The van der Waals surface area contributed by atoms with Crippen molar-refractivity contribution in [2.45, 2.75) is 13.1 Å². The molecular formula is C25H19F3N4O. The van der Waals surface area contributed by atoms with Gasteiger partial charge in [-0.3, -0.25) is 9.78 Å². The molecule has 5 nitrogen and oxygen atoms in total. The zero-order valence-electron chi connectivity index (χ0n) is 17.5. The highest BCUT2D eigenvalue weighted by atomic mass is 19.4. The number of hydrogen-bond acceptors (Lipinski definition) is 5. The van der Waals surface area contributed by atoms with Gasteiger partial charge in [-0.15, -0.1) is 0 Å². The summed E-state index contributed by atoms with van der Waals surface area (Å²) >= 11 is 0. The molecule has 0 fully saturated rings. The number of rotatable bonds is 5. The summed E-state index contributed by atoms with van der Waals surface area (Å²) in [6.45, 7) is 1.41. The van der Waals surface area contributed by atoms with E-state index in [0.29, 0.717) is 28.0 Å². The van der Waals surface area contributed by atoms with Crippen molar-refractivity contribution in [3.05, 3.63) is 84.2 Å². The van der Waals surface area contributed by atoms with Gasteiger partial charge in [0, 0.05) is 34.6 Å². The average Bonchev–Trinajstić information content (AvgIpc) is 2.78. The summed E-state index contributed by atoms with van der Waals surface area (Å²) in [7, 11) is 0. The molecule has 0 aliphatic heterocycles. The summed E-state index contributed by atoms with van der Waals surface area (Å²) in [6.07, 6.45) is 1.71. The van der Waals surface area contributed by atoms with Gasteiger partial charge in [0.15, 0.2) is 5.78 Å². The van der Waals surface area contributed by atoms with Gasteiger partial charge in [-0.1, -0.05) is 12.1 Å². The molecule has 166 valence electrons. The number of aromatic nitrogens is 2. The van der Waals surface area contributed by atoms with Gasteiger partial charge in [-0.25, -0.2) is 4.98 Å². The quantitative estimate of drug-likeness (QED) is 0.353. The van der Waals surface area contributed by atoms with E-state index in [1.54, 1.807) is 30.6 Å². The van der Waals surface area contributed by atoms with Gasteiger partial charge in [-0.2, -0.15) is 13.2 Å². The van der Waals surface area contributed by atoms with Crippen LogP contribution in [0.5, 0.6) is 0 Å². The number of fused-ring (bicyclic) bond motifs is 1. The molecule has 8 heteroatoms. The predicted octanol–water partition coefficient (Wildman–Crippen LogP) is 6.24. The third-order valence-electron chi connectivity index (χ3n) is 4.97. The molecule has 0 saturated carbocycles. The van der Waals surface area contributed by atoms with Crippen molar-refractivity contribution >= 4 is 40.0 Å². The Morgan fingerprint density at radius 2 is 1.79 bits per heavy atom. The monoisotopic (exact) mass is 448 g/mol. The fourth-order valence-electron chi connectivity index (χ4n) is 3.35. The smallest absolute Gasteiger partial charge is 0.384 e. The number of ketones is 1. The molecule has 0 spiro atoms. The Bertz CT molecular complexity index is 1360. The van der Waals surface area contributed by atoms with Crippen LogP contribution in [0.1, 0.15) is 18.1 Å². The summed E-state index contributed by atoms with van der Waals surface area (Å²) in [5.41, 5.74) is 8.55. The number of carbonyl (C=O) groups excluding carboxylic acids is 1. The van der Waals surface area contributed by atoms with Crippen LogP contribution in [-0.2, 0) is 11.0 Å². The standard InChI is InChI=1S/C25H19F3N4O/c1-15(33)5-6-18-14-30-22-9-7-16(17-8-10-23(29)31-13-17)11-21(22)24(18)32-20-4-2-3-19(12-20)25(26,27)28/h2-14H,1H3,(H2,29,31)(H,30,32)/b6-5+. The fourth-order valence-corrected chi connectivity index (χ4v) is 3.35. The van der Waals surface area contributed by atoms with Crippen LogP contribution in [0.2, 0.25) is 0 Å². The lowest BCUT2D eigenvalue weighted by molar-refractivity contribution is -0.137. The minimum absolute atomic E-state index is 0.165. The maximum Gasteiger partial charge on any atom is 0.416 e. The Morgan fingerprint density at radius 1 is 1.00 bits per heavy atom. The molecule has 2 heterocycles. The van der Waals surface area contributed by atoms with Gasteiger partial charge in [0.2, 0.25) is 0 Å². The minimum Gasteiger partial charge on any atom is -0.384 e. The second-order valence-electron chi connectivity index (χ2n) is 7.44. The van der Waals surface area contributed by atoms with Gasteiger partial charge in [0.25, 0.3) is 0 Å². The van der Waals surface area contributed by atoms with Gasteiger partial charge in [0.05, 0.1) is 16.8 Å². The zero-order chi connectivity index (χ0) is 23.6. The molecule has 0 atom stereocenters. The molecule has 3 N–H and O–H groups in total. The molecule has 0 radical (unpaired) electrons. The molecule has 0 aliphatic carbocycles. The topological polar surface area (TPSA) is 80.9 Å². The largest absolute Gasteiger partial charge is 0.416 e. The van der Waals surface area contributed by atoms with Crippen LogP contribution in [0.25, 0.3) is 28.1 Å². The Morgan fingerprint density at radius 3 is 2.48 bits per heavy atom. The highest BCUT2D eigenvalue weighted by molar-refractivity contribution is 6.01. The first-order chi connectivity index (χ1) is 15.7. The summed E-state index contributed by atoms with van der Waals surface area (Å²) in [5, 5.41) is 3.77. The van der Waals surface area contributed by atoms with E-state index in [9.17, 15) is 18.0 Å². The third-order valence-corrected chi connectivity index (χ3v) is 4.97. The highest BCUT2D eigenvalue weighted by Gasteiger charge is 2.30. The molecule has 2 aromatic carbocycles. The van der Waals surface area contributed by atoms with Gasteiger partial charge in [-0.05, 0) is 67.1 Å². The van der Waals surface area contributed by atoms with Gasteiger partial charge in [0.1, 0.15) is 5.82 Å². The van der Waals surface area contributed by atoms with Crippen LogP contribution in [0, 0.1) is 0 Å². The number of carbonyl (C=O) groups is 1. The molecule has 2 aromatic heterocycles. The molecule has 0 saturated heterocycles. The number of alkyl halides is 3. The van der Waals surface area contributed by atoms with Gasteiger partial charge < -0.3 is 11.1 Å². The van der Waals surface area contributed by atoms with Crippen LogP contribution < -0.4 is 11.1 Å². The summed E-state index contributed by atoms with van der Waals surface area (Å²) in [6, 6.07) is 14.0. The number of nitrogens with two attached hydrogens (primary N) is 1. The molecule has 0 unspecified atom stereocenters. The number of hydrogen-bond donors (Lipinski definition) is 2. The lowest BCUT2D eigenvalue weighted by Gasteiger charge is -2.15. The molecule has 0 amide bonds. The second-order valence-corrected chi connectivity index (χ2v) is 7.44. The molecule has 33 heavy (non-hydrogen) atoms. The van der Waals surface area contributed by atoms with Crippen LogP contribution in [0.4, 0.5) is 30.4 Å². The first-order valence-electron chi connectivity index (χ1n) is 9.98. The number of pyridine rings is 2. The molecule has 0 bridgehead atoms. The van der Waals surface area contributed by atoms with Crippen molar-refractivity contribution in [2.24, 2.45) is 0 Å². The second kappa shape index (κ2) is 8.74. The fraction of sp³-hybridized carbons (Fsp3) is 0.0800. The Kier molecular flexibility index (Phi) is 5.83. The number of halogens is 3. The number of anilines is 3. The molecule has 4 rings (SSSR count). The van der Waals surface area contributed by atoms with E-state index in [0.717, 1.165) is 23.3 Å². The van der Waals surface area contributed by atoms with E-state index in [2.05, 4.69) is 15.3 Å². The van der Waals surface area contributed by atoms with Crippen molar-refractivity contribution in [3.8, 4) is 11.1 Å². The van der Waals surface area contributed by atoms with E-state index in [1.807, 2.05) is 24.3 Å². The van der Waals surface area contributed by atoms with Crippen LogP contribution in [-0.4, -0.2) is 15.8 Å². The van der Waals surface area contributed by atoms with E-state index in [4.69, 9.17) is 5.73 Å². The van der Waals surface area contributed by atoms with Gasteiger partial charge >= 0.3 is 6.18 Å². The summed E-state index contributed by atoms with van der Waals surface area (Å²) in [5.74, 6) is 0.228. The van der Waals surface area contributed by atoms with E-state index in [-0.39, 0.29) is 11.5 Å². The summed E-state index contributed by atoms with van der Waals surface area (Å²) in [4.78, 5) is 20.1. The lowest BCUT2D eigenvalue weighted by atomic mass is 10.0. The molecular weight excluding hydrogens is 429 g/mol. The van der Waals surface area contributed by atoms with Crippen LogP contribution in [0.15, 0.2) is 73.1 Å². The number of benzene rings is 2. The number of nitrogen functional groups attached to an aromatic ring is 1. The van der Waals surface area contributed by atoms with Crippen LogP contribution in [0.3, 0.4) is 0 Å². The van der Waals surface area contributed by atoms with Crippen molar-refractivity contribution in [2.75, 3.05) is 11.1 Å². The van der Waals surface area contributed by atoms with Crippen molar-refractivity contribution < 1.29 is 18.0 Å². The van der Waals surface area contributed by atoms with Crippen LogP contribution >= 0.6 is 0 Å². The highest BCUT2D eigenvalue weighted by Crippen LogP contribution is 2.35. The normalized spacial score (nSPS) is 11.8. The van der Waals surface area contributed by atoms with Crippen molar-refractivity contribution in [1.82, 2.24) is 9.97 Å². The Balaban J connectivity index is 1.88. The number of allylic oxidation sites excluding steroid dienone is 1. The first kappa shape index (κ1) is 22.0. The lowest BCUT2D eigenvalue weighted by Crippen LogP contribution is -2.05. The van der Waals surface area contributed by atoms with E-state index >= 15 is 0 Å². The maximum absolute atomic E-state index is 13.2. The first-order valence-corrected chi connectivity index (χ1v) is 9.98. The SMILES string of the molecule is CC(=O)/C=C/c1cnc2ccc(-c3ccc(N)nc3)cc2c1Nc1cccc(C(F)(F)F)c1. The van der Waals surface area contributed by atoms with E-state index < -0.39 is 11.7 Å². The van der Waals surface area contributed by atoms with Crippen molar-refractivity contribution in [3.63, 3.8) is 0 Å². The predicted molar refractivity (Wildman–Crippen MR) is 124 cm³/mol. The molecule has 4 aromatic rings. The van der Waals surface area contributed by atoms with Crippen molar-refractivity contribution in [1.29, 1.82) is 0 Å². The van der Waals surface area contributed by atoms with E-state index in [1.165, 1.54) is 19.1 Å². The Hall–Kier alpha value is -4.20. The average molecular weight is 448 g/mol.